The molecule has 0 radical (unpaired) electrons. The molecule has 1 rings (SSSR count). The third-order valence-electron chi connectivity index (χ3n) is 0.792. The van der Waals surface area contributed by atoms with Crippen molar-refractivity contribution in [2.45, 2.75) is 0 Å². The van der Waals surface area contributed by atoms with Crippen molar-refractivity contribution in [2.75, 3.05) is 0 Å². The summed E-state index contributed by atoms with van der Waals surface area (Å²) in [6, 6.07) is 0. The topological polar surface area (TPSA) is 58.3 Å². The second-order valence-electron chi connectivity index (χ2n) is 1.36. The molecule has 0 amide bonds. The van der Waals surface area contributed by atoms with Gasteiger partial charge in [0, 0.05) is 12.4 Å². The zero-order valence-corrected chi connectivity index (χ0v) is 4.10. The first-order valence-corrected chi connectivity index (χ1v) is 2.14. The predicted molar refractivity (Wildman–Crippen MR) is 35.0 cm³/mol. The van der Waals surface area contributed by atoms with Crippen molar-refractivity contribution < 1.29 is 10.0 Å². The minimum atomic E-state index is -1.46. The molecule has 6 heteroatoms. The van der Waals surface area contributed by atoms with Gasteiger partial charge in [-0.3, -0.25) is 0 Å². The van der Waals surface area contributed by atoms with Crippen molar-refractivity contribution in [3.8, 4) is 0 Å². The van der Waals surface area contributed by atoms with Crippen LogP contribution in [0.4, 0.5) is 0 Å². The van der Waals surface area contributed by atoms with E-state index in [0.29, 0.717) is 0 Å². The Labute approximate surface area is 75.0 Å². The molecule has 0 aliphatic heterocycles. The molecule has 9 heavy (non-hydrogen) atoms. The molecule has 0 saturated carbocycles. The van der Waals surface area contributed by atoms with Gasteiger partial charge in [0.25, 0.3) is 0 Å². The van der Waals surface area contributed by atoms with E-state index < -0.39 is 7.25 Å². The van der Waals surface area contributed by atoms with Gasteiger partial charge in [-0.2, -0.15) is 0 Å². The Morgan fingerprint density at radius 3 is 2.33 bits per heavy atom. The molecular formula is C3H6BN2NaO2. The number of nitrogens with zero attached hydrogens (tertiary/aromatic N) is 2. The number of hydrogen-bond donors (Lipinski definition) is 2. The van der Waals surface area contributed by atoms with Crippen molar-refractivity contribution in [1.29, 1.82) is 0 Å². The van der Waals surface area contributed by atoms with Gasteiger partial charge < -0.3 is 14.5 Å². The summed E-state index contributed by atoms with van der Waals surface area (Å²) in [6.07, 6.45) is 4.26. The van der Waals surface area contributed by atoms with Crippen LogP contribution in [0.2, 0.25) is 0 Å². The van der Waals surface area contributed by atoms with E-state index in [0.717, 1.165) is 0 Å². The van der Waals surface area contributed by atoms with E-state index in [2.05, 4.69) is 4.98 Å². The molecule has 0 aliphatic rings. The van der Waals surface area contributed by atoms with Crippen molar-refractivity contribution in [1.82, 2.24) is 9.46 Å². The van der Waals surface area contributed by atoms with E-state index in [-0.39, 0.29) is 29.6 Å². The van der Waals surface area contributed by atoms with Gasteiger partial charge in [-0.05, 0) is 0 Å². The van der Waals surface area contributed by atoms with Crippen LogP contribution in [0.3, 0.4) is 0 Å². The van der Waals surface area contributed by atoms with Gasteiger partial charge in [-0.25, -0.2) is 4.98 Å². The fraction of sp³-hybridized carbons (Fsp3) is 0. The Balaban J connectivity index is 0.000000640. The van der Waals surface area contributed by atoms with Crippen LogP contribution in [0.5, 0.6) is 0 Å². The second-order valence-corrected chi connectivity index (χ2v) is 1.36. The first kappa shape index (κ1) is 9.19. The van der Waals surface area contributed by atoms with E-state index in [1.807, 2.05) is 0 Å². The van der Waals surface area contributed by atoms with Gasteiger partial charge in [-0.1, -0.05) is 0 Å². The SMILES string of the molecule is OB(O)n1ccnc1.[NaH]. The number of rotatable bonds is 1. The fourth-order valence-electron chi connectivity index (χ4n) is 0.406. The predicted octanol–water partition coefficient (Wildman–Crippen LogP) is -1.95. The van der Waals surface area contributed by atoms with Crippen molar-refractivity contribution in [3.63, 3.8) is 0 Å². The minimum absolute atomic E-state index is 0. The number of aromatic nitrogens is 2. The van der Waals surface area contributed by atoms with E-state index in [4.69, 9.17) is 10.0 Å². The van der Waals surface area contributed by atoms with Gasteiger partial charge >= 0.3 is 36.8 Å². The average molecular weight is 136 g/mol. The summed E-state index contributed by atoms with van der Waals surface area (Å²) in [6.45, 7) is 0. The maximum atomic E-state index is 8.39. The Hall–Kier alpha value is 0.195. The van der Waals surface area contributed by atoms with Gasteiger partial charge in [-0.15, -0.1) is 0 Å². The molecular weight excluding hydrogens is 130 g/mol. The van der Waals surface area contributed by atoms with E-state index >= 15 is 0 Å². The second kappa shape index (κ2) is 4.08. The molecule has 0 aliphatic carbocycles. The van der Waals surface area contributed by atoms with Crippen molar-refractivity contribution in [3.05, 3.63) is 18.7 Å². The molecule has 0 fully saturated rings. The van der Waals surface area contributed by atoms with Gasteiger partial charge in [0.2, 0.25) is 0 Å². The van der Waals surface area contributed by atoms with Crippen LogP contribution in [-0.2, 0) is 0 Å². The third-order valence-corrected chi connectivity index (χ3v) is 0.792. The van der Waals surface area contributed by atoms with Crippen LogP contribution in [-0.4, -0.2) is 56.3 Å². The molecule has 1 aromatic rings. The molecule has 0 spiro atoms. The van der Waals surface area contributed by atoms with Gasteiger partial charge in [0.15, 0.2) is 0 Å². The molecule has 1 aromatic heterocycles. The van der Waals surface area contributed by atoms with Crippen LogP contribution in [0.15, 0.2) is 18.7 Å². The first-order chi connectivity index (χ1) is 3.80. The molecule has 44 valence electrons. The molecule has 0 aromatic carbocycles. The molecule has 2 N–H and O–H groups in total. The number of imidazole rings is 1. The average Bonchev–Trinajstić information content (AvgIpc) is 2.12. The summed E-state index contributed by atoms with van der Waals surface area (Å²) in [7, 11) is -1.46. The normalized spacial score (nSPS) is 8.22. The fourth-order valence-corrected chi connectivity index (χ4v) is 0.406. The van der Waals surface area contributed by atoms with Crippen LogP contribution in [0, 0.1) is 0 Å². The quantitative estimate of drug-likeness (QED) is 0.441. The molecule has 0 atom stereocenters. The van der Waals surface area contributed by atoms with Gasteiger partial charge in [0.1, 0.15) is 0 Å². The Morgan fingerprint density at radius 2 is 2.11 bits per heavy atom. The zero-order chi connectivity index (χ0) is 5.98. The van der Waals surface area contributed by atoms with Crippen LogP contribution < -0.4 is 0 Å². The van der Waals surface area contributed by atoms with Crippen molar-refractivity contribution in [2.24, 2.45) is 0 Å². The molecule has 0 unspecified atom stereocenters. The Bertz CT molecular complexity index is 155. The van der Waals surface area contributed by atoms with Crippen LogP contribution >= 0.6 is 0 Å². The van der Waals surface area contributed by atoms with Crippen LogP contribution in [0.1, 0.15) is 0 Å². The van der Waals surface area contributed by atoms with E-state index in [9.17, 15) is 0 Å². The van der Waals surface area contributed by atoms with E-state index in [1.165, 1.54) is 23.2 Å². The maximum absolute atomic E-state index is 8.39. The number of hydrogen-bond acceptors (Lipinski definition) is 3. The van der Waals surface area contributed by atoms with Crippen LogP contribution in [0.25, 0.3) is 0 Å². The third kappa shape index (κ3) is 2.51. The zero-order valence-electron chi connectivity index (χ0n) is 4.10. The first-order valence-electron chi connectivity index (χ1n) is 2.14. The standard InChI is InChI=1S/C3H5BN2O2.Na.H/c7-4(8)6-2-1-5-3-6;;/h1-3,7-8H;;. The van der Waals surface area contributed by atoms with Gasteiger partial charge in [0.05, 0.1) is 6.33 Å². The molecule has 4 nitrogen and oxygen atoms in total. The molecule has 0 saturated heterocycles. The summed E-state index contributed by atoms with van der Waals surface area (Å²) in [4.78, 5) is 3.59. The summed E-state index contributed by atoms with van der Waals surface area (Å²) in [5, 5.41) is 16.8. The summed E-state index contributed by atoms with van der Waals surface area (Å²) < 4.78 is 1.17. The summed E-state index contributed by atoms with van der Waals surface area (Å²) >= 11 is 0. The molecule has 1 heterocycles. The summed E-state index contributed by atoms with van der Waals surface area (Å²) in [5.41, 5.74) is 0. The Morgan fingerprint density at radius 1 is 1.44 bits per heavy atom. The molecule has 0 bridgehead atoms. The van der Waals surface area contributed by atoms with Crippen molar-refractivity contribution >= 4 is 36.8 Å². The summed E-state index contributed by atoms with van der Waals surface area (Å²) in [5.74, 6) is 0. The Kier molecular flexibility index (Phi) is 4.17. The van der Waals surface area contributed by atoms with E-state index in [1.54, 1.807) is 0 Å². The monoisotopic (exact) mass is 136 g/mol.